The monoisotopic (exact) mass is 238 g/mol. The fourth-order valence-corrected chi connectivity index (χ4v) is 2.25. The number of rotatable bonds is 3. The van der Waals surface area contributed by atoms with Gasteiger partial charge in [-0.25, -0.2) is 4.39 Å². The van der Waals surface area contributed by atoms with Crippen LogP contribution in [0.4, 0.5) is 4.39 Å². The minimum absolute atomic E-state index is 0.364. The summed E-state index contributed by atoms with van der Waals surface area (Å²) in [5.41, 5.74) is 6.66. The third kappa shape index (κ3) is 2.20. The molecule has 0 aliphatic carbocycles. The van der Waals surface area contributed by atoms with Gasteiger partial charge in [-0.3, -0.25) is 4.98 Å². The van der Waals surface area contributed by atoms with Crippen LogP contribution in [-0.2, 0) is 0 Å². The van der Waals surface area contributed by atoms with Crippen molar-refractivity contribution in [3.63, 3.8) is 0 Å². The number of nitrogens with zero attached hydrogens (tertiary/aromatic N) is 1. The number of thiophene rings is 1. The Labute approximate surface area is 96.7 Å². The first-order valence-corrected chi connectivity index (χ1v) is 5.57. The molecular formula is C11H11FN2OS. The molecule has 0 fully saturated rings. The lowest BCUT2D eigenvalue weighted by Gasteiger charge is -2.08. The molecule has 5 heteroatoms. The van der Waals surface area contributed by atoms with E-state index in [9.17, 15) is 4.39 Å². The smallest absolute Gasteiger partial charge is 0.141 e. The molecule has 1 unspecified atom stereocenters. The van der Waals surface area contributed by atoms with E-state index in [0.717, 1.165) is 16.8 Å². The van der Waals surface area contributed by atoms with E-state index in [1.165, 1.54) is 17.4 Å². The second-order valence-electron chi connectivity index (χ2n) is 3.30. The van der Waals surface area contributed by atoms with Crippen LogP contribution in [0.5, 0.6) is 5.75 Å². The second kappa shape index (κ2) is 4.59. The number of halogens is 1. The highest BCUT2D eigenvalue weighted by Crippen LogP contribution is 2.29. The number of hydrogen-bond acceptors (Lipinski definition) is 4. The summed E-state index contributed by atoms with van der Waals surface area (Å²) in [6.07, 6.45) is 2.73. The molecule has 0 radical (unpaired) electrons. The first-order valence-electron chi connectivity index (χ1n) is 4.69. The Balaban J connectivity index is 2.27. The zero-order valence-corrected chi connectivity index (χ0v) is 9.50. The van der Waals surface area contributed by atoms with Crippen LogP contribution in [0.1, 0.15) is 16.5 Å². The molecule has 1 atom stereocenters. The molecule has 0 saturated carbocycles. The molecular weight excluding hydrogens is 227 g/mol. The molecule has 0 saturated heterocycles. The predicted molar refractivity (Wildman–Crippen MR) is 61.1 cm³/mol. The lowest BCUT2D eigenvalue weighted by molar-refractivity contribution is 0.416. The summed E-state index contributed by atoms with van der Waals surface area (Å²) >= 11 is 1.48. The molecule has 2 heterocycles. The summed E-state index contributed by atoms with van der Waals surface area (Å²) in [5, 5.41) is 1.86. The van der Waals surface area contributed by atoms with Gasteiger partial charge < -0.3 is 10.5 Å². The van der Waals surface area contributed by atoms with E-state index in [1.54, 1.807) is 13.3 Å². The molecule has 2 N–H and O–H groups in total. The van der Waals surface area contributed by atoms with Crippen LogP contribution in [0.3, 0.4) is 0 Å². The van der Waals surface area contributed by atoms with Crippen LogP contribution < -0.4 is 10.5 Å². The number of aromatic nitrogens is 1. The van der Waals surface area contributed by atoms with E-state index in [-0.39, 0.29) is 11.9 Å². The zero-order valence-electron chi connectivity index (χ0n) is 8.68. The highest BCUT2D eigenvalue weighted by molar-refractivity contribution is 7.10. The third-order valence-electron chi connectivity index (χ3n) is 2.22. The van der Waals surface area contributed by atoms with Crippen molar-refractivity contribution < 1.29 is 9.13 Å². The van der Waals surface area contributed by atoms with Crippen molar-refractivity contribution in [1.29, 1.82) is 0 Å². The molecule has 0 spiro atoms. The van der Waals surface area contributed by atoms with Gasteiger partial charge in [-0.05, 0) is 17.7 Å². The molecule has 0 aliphatic heterocycles. The fourth-order valence-electron chi connectivity index (χ4n) is 1.37. The molecule has 84 valence electrons. The maximum absolute atomic E-state index is 13.0. The van der Waals surface area contributed by atoms with Crippen LogP contribution >= 0.6 is 11.3 Å². The SMILES string of the molecule is COc1csc(C(N)c2cncc(F)c2)c1. The highest BCUT2D eigenvalue weighted by atomic mass is 32.1. The summed E-state index contributed by atoms with van der Waals surface area (Å²) in [7, 11) is 1.60. The molecule has 3 nitrogen and oxygen atoms in total. The standard InChI is InChI=1S/C11H11FN2OS/c1-15-9-3-10(16-6-9)11(13)7-2-8(12)5-14-4-7/h2-6,11H,13H2,1H3. The van der Waals surface area contributed by atoms with E-state index >= 15 is 0 Å². The van der Waals surface area contributed by atoms with Gasteiger partial charge in [0, 0.05) is 16.5 Å². The molecule has 0 bridgehead atoms. The number of nitrogens with two attached hydrogens (primary N) is 1. The Hall–Kier alpha value is -1.46. The van der Waals surface area contributed by atoms with Crippen molar-refractivity contribution in [2.24, 2.45) is 5.73 Å². The number of pyridine rings is 1. The van der Waals surface area contributed by atoms with E-state index in [1.807, 2.05) is 11.4 Å². The summed E-state index contributed by atoms with van der Waals surface area (Å²) in [6.45, 7) is 0. The van der Waals surface area contributed by atoms with Crippen LogP contribution in [0.25, 0.3) is 0 Å². The van der Waals surface area contributed by atoms with E-state index in [4.69, 9.17) is 10.5 Å². The number of hydrogen-bond donors (Lipinski definition) is 1. The Morgan fingerprint density at radius 2 is 2.25 bits per heavy atom. The maximum Gasteiger partial charge on any atom is 0.141 e. The molecule has 0 aromatic carbocycles. The number of methoxy groups -OCH3 is 1. The summed E-state index contributed by atoms with van der Waals surface area (Å²) < 4.78 is 18.0. The van der Waals surface area contributed by atoms with E-state index < -0.39 is 0 Å². The van der Waals surface area contributed by atoms with Gasteiger partial charge in [0.05, 0.1) is 19.3 Å². The van der Waals surface area contributed by atoms with Crippen molar-refractivity contribution >= 4 is 11.3 Å². The van der Waals surface area contributed by atoms with Gasteiger partial charge in [0.25, 0.3) is 0 Å². The normalized spacial score (nSPS) is 12.4. The van der Waals surface area contributed by atoms with E-state index in [0.29, 0.717) is 5.56 Å². The second-order valence-corrected chi connectivity index (χ2v) is 4.25. The number of ether oxygens (including phenoxy) is 1. The van der Waals surface area contributed by atoms with Crippen LogP contribution in [0.15, 0.2) is 29.9 Å². The molecule has 2 rings (SSSR count). The van der Waals surface area contributed by atoms with Crippen molar-refractivity contribution in [2.45, 2.75) is 6.04 Å². The minimum Gasteiger partial charge on any atom is -0.496 e. The average Bonchev–Trinajstić information content (AvgIpc) is 2.76. The Morgan fingerprint density at radius 1 is 1.44 bits per heavy atom. The molecule has 2 aromatic heterocycles. The van der Waals surface area contributed by atoms with E-state index in [2.05, 4.69) is 4.98 Å². The largest absolute Gasteiger partial charge is 0.496 e. The molecule has 2 aromatic rings. The van der Waals surface area contributed by atoms with Gasteiger partial charge >= 0.3 is 0 Å². The summed E-state index contributed by atoms with van der Waals surface area (Å²) in [4.78, 5) is 4.70. The van der Waals surface area contributed by atoms with Crippen molar-refractivity contribution in [3.8, 4) is 5.75 Å². The van der Waals surface area contributed by atoms with Gasteiger partial charge in [-0.2, -0.15) is 0 Å². The lowest BCUT2D eigenvalue weighted by atomic mass is 10.1. The van der Waals surface area contributed by atoms with Gasteiger partial charge in [0.2, 0.25) is 0 Å². The summed E-state index contributed by atoms with van der Waals surface area (Å²) in [5.74, 6) is 0.385. The zero-order chi connectivity index (χ0) is 11.5. The average molecular weight is 238 g/mol. The first kappa shape index (κ1) is 11.0. The minimum atomic E-state index is -0.378. The molecule has 0 aliphatic rings. The van der Waals surface area contributed by atoms with Crippen molar-refractivity contribution in [1.82, 2.24) is 4.98 Å². The third-order valence-corrected chi connectivity index (χ3v) is 3.22. The van der Waals surface area contributed by atoms with Crippen LogP contribution in [-0.4, -0.2) is 12.1 Å². The fraction of sp³-hybridized carbons (Fsp3) is 0.182. The van der Waals surface area contributed by atoms with Crippen molar-refractivity contribution in [3.05, 3.63) is 46.2 Å². The quantitative estimate of drug-likeness (QED) is 0.892. The predicted octanol–water partition coefficient (Wildman–Crippen LogP) is 2.34. The van der Waals surface area contributed by atoms with Gasteiger partial charge in [-0.15, -0.1) is 11.3 Å². The highest BCUT2D eigenvalue weighted by Gasteiger charge is 2.12. The van der Waals surface area contributed by atoms with Gasteiger partial charge in [0.15, 0.2) is 0 Å². The van der Waals surface area contributed by atoms with Crippen molar-refractivity contribution in [2.75, 3.05) is 7.11 Å². The molecule has 16 heavy (non-hydrogen) atoms. The topological polar surface area (TPSA) is 48.1 Å². The first-order chi connectivity index (χ1) is 7.70. The van der Waals surface area contributed by atoms with Crippen LogP contribution in [0.2, 0.25) is 0 Å². The van der Waals surface area contributed by atoms with Gasteiger partial charge in [0.1, 0.15) is 11.6 Å². The van der Waals surface area contributed by atoms with Crippen LogP contribution in [0, 0.1) is 5.82 Å². The van der Waals surface area contributed by atoms with Gasteiger partial charge in [-0.1, -0.05) is 0 Å². The Kier molecular flexibility index (Phi) is 3.17. The maximum atomic E-state index is 13.0. The molecule has 0 amide bonds. The Bertz CT molecular complexity index is 486. The Morgan fingerprint density at radius 3 is 2.88 bits per heavy atom. The summed E-state index contributed by atoms with van der Waals surface area (Å²) in [6, 6.07) is 2.88. The lowest BCUT2D eigenvalue weighted by Crippen LogP contribution is -2.10.